The van der Waals surface area contributed by atoms with E-state index in [-0.39, 0.29) is 6.10 Å². The number of hydrogen-bond donors (Lipinski definition) is 1. The summed E-state index contributed by atoms with van der Waals surface area (Å²) < 4.78 is 6.01. The van der Waals surface area contributed by atoms with Crippen molar-refractivity contribution in [2.45, 2.75) is 19.4 Å². The Hall–Kier alpha value is -1.19. The van der Waals surface area contributed by atoms with E-state index in [9.17, 15) is 0 Å². The Balaban J connectivity index is 1.98. The van der Waals surface area contributed by atoms with Gasteiger partial charge in [-0.1, -0.05) is 25.1 Å². The maximum atomic E-state index is 6.01. The highest BCUT2D eigenvalue weighted by atomic mass is 35.5. The van der Waals surface area contributed by atoms with Crippen molar-refractivity contribution in [2.24, 2.45) is 0 Å². The number of ether oxygens (including phenoxy) is 1. The van der Waals surface area contributed by atoms with Gasteiger partial charge in [0.15, 0.2) is 0 Å². The van der Waals surface area contributed by atoms with Gasteiger partial charge in [0, 0.05) is 36.9 Å². The van der Waals surface area contributed by atoms with Crippen molar-refractivity contribution in [3.05, 3.63) is 41.6 Å². The van der Waals surface area contributed by atoms with Gasteiger partial charge in [-0.25, -0.2) is 0 Å². The third-order valence-corrected chi connectivity index (χ3v) is 3.61. The minimum Gasteiger partial charge on any atom is -0.484 e. The lowest BCUT2D eigenvalue weighted by atomic mass is 10.1. The zero-order valence-corrected chi connectivity index (χ0v) is 12.1. The van der Waals surface area contributed by atoms with E-state index < -0.39 is 0 Å². The summed E-state index contributed by atoms with van der Waals surface area (Å²) in [5.74, 6) is 0.840. The molecule has 3 nitrogen and oxygen atoms in total. The van der Waals surface area contributed by atoms with Crippen LogP contribution in [-0.2, 0) is 0 Å². The molecule has 0 aliphatic carbocycles. The van der Waals surface area contributed by atoms with Gasteiger partial charge >= 0.3 is 0 Å². The molecule has 0 spiro atoms. The molecular formula is C15H21ClN2O. The van der Waals surface area contributed by atoms with E-state index in [0.717, 1.165) is 49.1 Å². The van der Waals surface area contributed by atoms with Crippen LogP contribution >= 0.6 is 11.6 Å². The molecule has 0 bridgehead atoms. The number of halogens is 1. The van der Waals surface area contributed by atoms with Crippen LogP contribution in [0.15, 0.2) is 36.5 Å². The van der Waals surface area contributed by atoms with E-state index in [2.05, 4.69) is 23.7 Å². The van der Waals surface area contributed by atoms with Crippen LogP contribution in [0.25, 0.3) is 0 Å². The summed E-state index contributed by atoms with van der Waals surface area (Å²) in [4.78, 5) is 2.31. The molecule has 1 fully saturated rings. The largest absolute Gasteiger partial charge is 0.484 e. The molecule has 19 heavy (non-hydrogen) atoms. The SMILES string of the molecule is C=C(C(CC)Oc1ccc(Cl)cc1)N1CCNCC1. The molecule has 1 aromatic rings. The van der Waals surface area contributed by atoms with Gasteiger partial charge in [-0.15, -0.1) is 0 Å². The minimum absolute atomic E-state index is 0.0271. The van der Waals surface area contributed by atoms with Gasteiger partial charge in [0.1, 0.15) is 11.9 Å². The number of nitrogens with zero attached hydrogens (tertiary/aromatic N) is 1. The molecule has 1 heterocycles. The molecule has 1 aliphatic rings. The molecule has 0 amide bonds. The third-order valence-electron chi connectivity index (χ3n) is 3.36. The predicted molar refractivity (Wildman–Crippen MR) is 79.7 cm³/mol. The first-order valence-corrected chi connectivity index (χ1v) is 7.15. The van der Waals surface area contributed by atoms with E-state index in [4.69, 9.17) is 16.3 Å². The lowest BCUT2D eigenvalue weighted by Gasteiger charge is -2.34. The molecular weight excluding hydrogens is 260 g/mol. The molecule has 1 saturated heterocycles. The van der Waals surface area contributed by atoms with Crippen molar-refractivity contribution in [2.75, 3.05) is 26.2 Å². The molecule has 0 aromatic heterocycles. The predicted octanol–water partition coefficient (Wildman–Crippen LogP) is 2.92. The van der Waals surface area contributed by atoms with Gasteiger partial charge in [0.25, 0.3) is 0 Å². The van der Waals surface area contributed by atoms with Crippen molar-refractivity contribution in [1.29, 1.82) is 0 Å². The zero-order chi connectivity index (χ0) is 13.7. The quantitative estimate of drug-likeness (QED) is 0.898. The molecule has 1 atom stereocenters. The number of piperazine rings is 1. The van der Waals surface area contributed by atoms with Gasteiger partial charge < -0.3 is 15.0 Å². The van der Waals surface area contributed by atoms with Crippen LogP contribution in [0.5, 0.6) is 5.75 Å². The van der Waals surface area contributed by atoms with Gasteiger partial charge in [-0.2, -0.15) is 0 Å². The number of benzene rings is 1. The topological polar surface area (TPSA) is 24.5 Å². The molecule has 1 aromatic carbocycles. The second-order valence-electron chi connectivity index (χ2n) is 4.70. The first kappa shape index (κ1) is 14.2. The molecule has 104 valence electrons. The highest BCUT2D eigenvalue weighted by Gasteiger charge is 2.20. The fourth-order valence-corrected chi connectivity index (χ4v) is 2.35. The second-order valence-corrected chi connectivity index (χ2v) is 5.13. The van der Waals surface area contributed by atoms with E-state index in [1.807, 2.05) is 24.3 Å². The van der Waals surface area contributed by atoms with Crippen LogP contribution in [0.4, 0.5) is 0 Å². The van der Waals surface area contributed by atoms with Crippen molar-refractivity contribution in [3.8, 4) is 5.75 Å². The molecule has 0 saturated carbocycles. The van der Waals surface area contributed by atoms with E-state index in [0.29, 0.717) is 0 Å². The Morgan fingerprint density at radius 1 is 1.37 bits per heavy atom. The molecule has 1 N–H and O–H groups in total. The zero-order valence-electron chi connectivity index (χ0n) is 11.4. The second kappa shape index (κ2) is 6.83. The van der Waals surface area contributed by atoms with Crippen LogP contribution in [0.3, 0.4) is 0 Å². The minimum atomic E-state index is 0.0271. The van der Waals surface area contributed by atoms with Crippen molar-refractivity contribution < 1.29 is 4.74 Å². The maximum absolute atomic E-state index is 6.01. The summed E-state index contributed by atoms with van der Waals surface area (Å²) in [6.07, 6.45) is 0.935. The van der Waals surface area contributed by atoms with Gasteiger partial charge in [-0.3, -0.25) is 0 Å². The number of rotatable bonds is 5. The molecule has 4 heteroatoms. The fourth-order valence-electron chi connectivity index (χ4n) is 2.22. The summed E-state index contributed by atoms with van der Waals surface area (Å²) in [6.45, 7) is 10.3. The van der Waals surface area contributed by atoms with Crippen LogP contribution in [0, 0.1) is 0 Å². The first-order chi connectivity index (χ1) is 9.20. The van der Waals surface area contributed by atoms with Crippen molar-refractivity contribution in [3.63, 3.8) is 0 Å². The summed E-state index contributed by atoms with van der Waals surface area (Å²) in [5, 5.41) is 4.07. The lowest BCUT2D eigenvalue weighted by molar-refractivity contribution is 0.172. The molecule has 2 rings (SSSR count). The van der Waals surface area contributed by atoms with E-state index >= 15 is 0 Å². The lowest BCUT2D eigenvalue weighted by Crippen LogP contribution is -2.45. The Morgan fingerprint density at radius 3 is 2.58 bits per heavy atom. The normalized spacial score (nSPS) is 17.1. The highest BCUT2D eigenvalue weighted by Crippen LogP contribution is 2.21. The summed E-state index contributed by atoms with van der Waals surface area (Å²) in [6, 6.07) is 7.49. The summed E-state index contributed by atoms with van der Waals surface area (Å²) in [5.41, 5.74) is 1.07. The first-order valence-electron chi connectivity index (χ1n) is 6.77. The fraction of sp³-hybridized carbons (Fsp3) is 0.467. The molecule has 1 aliphatic heterocycles. The average Bonchev–Trinajstić information content (AvgIpc) is 2.47. The highest BCUT2D eigenvalue weighted by molar-refractivity contribution is 6.30. The van der Waals surface area contributed by atoms with Crippen molar-refractivity contribution in [1.82, 2.24) is 10.2 Å². The van der Waals surface area contributed by atoms with Crippen LogP contribution in [0.1, 0.15) is 13.3 Å². The Morgan fingerprint density at radius 2 is 2.00 bits per heavy atom. The molecule has 0 radical (unpaired) electrons. The standard InChI is InChI=1S/C15H21ClN2O/c1-3-15(12(2)18-10-8-17-9-11-18)19-14-6-4-13(16)5-7-14/h4-7,15,17H,2-3,8-11H2,1H3. The van der Waals surface area contributed by atoms with E-state index in [1.54, 1.807) is 0 Å². The Bertz CT molecular complexity index is 413. The molecule has 1 unspecified atom stereocenters. The van der Waals surface area contributed by atoms with Gasteiger partial charge in [-0.05, 0) is 30.7 Å². The van der Waals surface area contributed by atoms with Crippen molar-refractivity contribution >= 4 is 11.6 Å². The van der Waals surface area contributed by atoms with Crippen LogP contribution in [0.2, 0.25) is 5.02 Å². The number of hydrogen-bond acceptors (Lipinski definition) is 3. The average molecular weight is 281 g/mol. The smallest absolute Gasteiger partial charge is 0.137 e. The maximum Gasteiger partial charge on any atom is 0.137 e. The van der Waals surface area contributed by atoms with Gasteiger partial charge in [0.2, 0.25) is 0 Å². The third kappa shape index (κ3) is 3.88. The monoisotopic (exact) mass is 280 g/mol. The summed E-state index contributed by atoms with van der Waals surface area (Å²) in [7, 11) is 0. The van der Waals surface area contributed by atoms with E-state index in [1.165, 1.54) is 0 Å². The van der Waals surface area contributed by atoms with Crippen LogP contribution in [-0.4, -0.2) is 37.2 Å². The van der Waals surface area contributed by atoms with Crippen LogP contribution < -0.4 is 10.1 Å². The summed E-state index contributed by atoms with van der Waals surface area (Å²) >= 11 is 5.88. The number of nitrogens with one attached hydrogen (secondary N) is 1. The Labute approximate surface area is 120 Å². The Kier molecular flexibility index (Phi) is 5.11. The van der Waals surface area contributed by atoms with Gasteiger partial charge in [0.05, 0.1) is 0 Å².